The van der Waals surface area contributed by atoms with Crippen molar-refractivity contribution in [1.82, 2.24) is 15.2 Å². The molecule has 4 heterocycles. The lowest BCUT2D eigenvalue weighted by molar-refractivity contribution is 0.0700. The molecule has 1 N–H and O–H groups in total. The van der Waals surface area contributed by atoms with Crippen LogP contribution in [0, 0.1) is 0 Å². The number of likely N-dealkylation sites (tertiary alicyclic amines) is 1. The van der Waals surface area contributed by atoms with Gasteiger partial charge in [0, 0.05) is 35.5 Å². The van der Waals surface area contributed by atoms with Crippen molar-refractivity contribution in [2.75, 3.05) is 13.1 Å². The van der Waals surface area contributed by atoms with E-state index in [1.54, 1.807) is 6.26 Å². The minimum Gasteiger partial charge on any atom is -0.463 e. The third kappa shape index (κ3) is 3.96. The zero-order valence-corrected chi connectivity index (χ0v) is 17.6. The van der Waals surface area contributed by atoms with Gasteiger partial charge in [0.1, 0.15) is 5.69 Å². The molecule has 6 nitrogen and oxygen atoms in total. The molecule has 0 radical (unpaired) electrons. The third-order valence-corrected chi connectivity index (χ3v) is 6.30. The lowest BCUT2D eigenvalue weighted by Gasteiger charge is -2.32. The summed E-state index contributed by atoms with van der Waals surface area (Å²) in [6.45, 7) is 1.19. The summed E-state index contributed by atoms with van der Waals surface area (Å²) < 4.78 is 5.50. The second kappa shape index (κ2) is 8.35. The Balaban J connectivity index is 1.34. The van der Waals surface area contributed by atoms with E-state index in [1.165, 1.54) is 11.3 Å². The molecule has 0 atom stereocenters. The average Bonchev–Trinajstić information content (AvgIpc) is 3.53. The summed E-state index contributed by atoms with van der Waals surface area (Å²) in [4.78, 5) is 32.3. The third-order valence-electron chi connectivity index (χ3n) is 5.62. The molecule has 4 aromatic rings. The van der Waals surface area contributed by atoms with Crippen LogP contribution in [0.4, 0.5) is 0 Å². The Labute approximate surface area is 183 Å². The number of hydrogen-bond acceptors (Lipinski definition) is 5. The normalized spacial score (nSPS) is 14.6. The molecule has 0 bridgehead atoms. The Kier molecular flexibility index (Phi) is 5.26. The van der Waals surface area contributed by atoms with Gasteiger partial charge in [-0.1, -0.05) is 18.2 Å². The van der Waals surface area contributed by atoms with E-state index in [2.05, 4.69) is 10.3 Å². The van der Waals surface area contributed by atoms with Crippen LogP contribution >= 0.6 is 11.3 Å². The monoisotopic (exact) mass is 431 g/mol. The second-order valence-electron chi connectivity index (χ2n) is 7.60. The molecule has 1 aromatic carbocycles. The van der Waals surface area contributed by atoms with E-state index in [9.17, 15) is 9.59 Å². The molecular weight excluding hydrogens is 410 g/mol. The van der Waals surface area contributed by atoms with Gasteiger partial charge in [0.25, 0.3) is 11.8 Å². The molecule has 156 valence electrons. The predicted molar refractivity (Wildman–Crippen MR) is 120 cm³/mol. The van der Waals surface area contributed by atoms with Crippen molar-refractivity contribution in [3.63, 3.8) is 0 Å². The quantitative estimate of drug-likeness (QED) is 0.513. The lowest BCUT2D eigenvalue weighted by Crippen LogP contribution is -2.46. The van der Waals surface area contributed by atoms with E-state index in [0.717, 1.165) is 23.7 Å². The van der Waals surface area contributed by atoms with Gasteiger partial charge in [-0.25, -0.2) is 4.98 Å². The highest BCUT2D eigenvalue weighted by Gasteiger charge is 2.26. The van der Waals surface area contributed by atoms with Crippen LogP contribution in [0.25, 0.3) is 22.4 Å². The van der Waals surface area contributed by atoms with E-state index in [4.69, 9.17) is 4.42 Å². The number of furan rings is 1. The minimum atomic E-state index is -0.0470. The van der Waals surface area contributed by atoms with Gasteiger partial charge in [0.2, 0.25) is 0 Å². The highest BCUT2D eigenvalue weighted by atomic mass is 32.1. The van der Waals surface area contributed by atoms with Crippen molar-refractivity contribution in [2.45, 2.75) is 18.9 Å². The van der Waals surface area contributed by atoms with Crippen LogP contribution in [-0.4, -0.2) is 40.8 Å². The second-order valence-corrected chi connectivity index (χ2v) is 8.38. The zero-order valence-electron chi connectivity index (χ0n) is 16.8. The molecule has 1 aliphatic rings. The summed E-state index contributed by atoms with van der Waals surface area (Å²) >= 11 is 1.51. The van der Waals surface area contributed by atoms with Gasteiger partial charge in [0.15, 0.2) is 5.76 Å². The number of carbonyl (C=O) groups excluding carboxylic acids is 2. The fraction of sp³-hybridized carbons (Fsp3) is 0.208. The maximum atomic E-state index is 13.4. The van der Waals surface area contributed by atoms with Crippen molar-refractivity contribution < 1.29 is 14.0 Å². The largest absolute Gasteiger partial charge is 0.463 e. The summed E-state index contributed by atoms with van der Waals surface area (Å²) in [5, 5.41) is 7.66. The first-order valence-electron chi connectivity index (χ1n) is 10.2. The van der Waals surface area contributed by atoms with E-state index < -0.39 is 0 Å². The summed E-state index contributed by atoms with van der Waals surface area (Å²) in [5.74, 6) is 0.568. The van der Waals surface area contributed by atoms with Crippen molar-refractivity contribution >= 4 is 34.1 Å². The Morgan fingerprint density at radius 2 is 1.94 bits per heavy atom. The highest BCUT2D eigenvalue weighted by molar-refractivity contribution is 7.08. The zero-order chi connectivity index (χ0) is 21.2. The SMILES string of the molecule is O=C(NC1CCN(C(=O)c2cc(-c3ccco3)nc3ccccc23)CC1)c1ccsc1. The van der Waals surface area contributed by atoms with Crippen LogP contribution in [0.15, 0.2) is 70.0 Å². The van der Waals surface area contributed by atoms with Crippen LogP contribution in [0.2, 0.25) is 0 Å². The van der Waals surface area contributed by atoms with E-state index in [-0.39, 0.29) is 17.9 Å². The number of aromatic nitrogens is 1. The molecule has 1 saturated heterocycles. The van der Waals surface area contributed by atoms with Crippen molar-refractivity contribution in [3.05, 3.63) is 76.7 Å². The van der Waals surface area contributed by atoms with Crippen molar-refractivity contribution in [1.29, 1.82) is 0 Å². The Bertz CT molecular complexity index is 1210. The maximum absolute atomic E-state index is 13.4. The lowest BCUT2D eigenvalue weighted by atomic mass is 10.0. The van der Waals surface area contributed by atoms with Gasteiger partial charge in [-0.2, -0.15) is 11.3 Å². The van der Waals surface area contributed by atoms with Gasteiger partial charge in [-0.05, 0) is 48.6 Å². The fourth-order valence-corrected chi connectivity index (χ4v) is 4.60. The van der Waals surface area contributed by atoms with E-state index in [1.807, 2.05) is 64.2 Å². The molecule has 31 heavy (non-hydrogen) atoms. The van der Waals surface area contributed by atoms with Crippen molar-refractivity contribution in [3.8, 4) is 11.5 Å². The molecule has 1 aliphatic heterocycles. The first kappa shape index (κ1) is 19.5. The minimum absolute atomic E-state index is 0.0194. The fourth-order valence-electron chi connectivity index (χ4n) is 3.96. The number of carbonyl (C=O) groups is 2. The van der Waals surface area contributed by atoms with Gasteiger partial charge in [-0.15, -0.1) is 0 Å². The Morgan fingerprint density at radius 3 is 2.68 bits per heavy atom. The highest BCUT2D eigenvalue weighted by Crippen LogP contribution is 2.27. The number of nitrogens with one attached hydrogen (secondary N) is 1. The number of piperidine rings is 1. The van der Waals surface area contributed by atoms with Gasteiger partial charge >= 0.3 is 0 Å². The number of fused-ring (bicyclic) bond motifs is 1. The number of pyridine rings is 1. The molecule has 7 heteroatoms. The standard InChI is InChI=1S/C24H21N3O3S/c28-23(16-9-13-31-15-16)25-17-7-10-27(11-8-17)24(29)19-14-21(22-6-3-12-30-22)26-20-5-2-1-4-18(19)20/h1-6,9,12-15,17H,7-8,10-11H2,(H,25,28). The molecule has 3 aromatic heterocycles. The Hall–Kier alpha value is -3.45. The summed E-state index contributed by atoms with van der Waals surface area (Å²) in [6, 6.07) is 15.0. The molecular formula is C24H21N3O3S. The van der Waals surface area contributed by atoms with Crippen molar-refractivity contribution in [2.24, 2.45) is 0 Å². The number of para-hydroxylation sites is 1. The molecule has 0 aliphatic carbocycles. The maximum Gasteiger partial charge on any atom is 0.254 e. The number of amides is 2. The molecule has 1 fully saturated rings. The number of benzene rings is 1. The topological polar surface area (TPSA) is 75.4 Å². The van der Waals surface area contributed by atoms with E-state index >= 15 is 0 Å². The molecule has 2 amide bonds. The van der Waals surface area contributed by atoms with Crippen LogP contribution < -0.4 is 5.32 Å². The first-order chi connectivity index (χ1) is 15.2. The number of rotatable bonds is 4. The predicted octanol–water partition coefficient (Wildman–Crippen LogP) is 4.59. The summed E-state index contributed by atoms with van der Waals surface area (Å²) in [7, 11) is 0. The number of thiophene rings is 1. The average molecular weight is 432 g/mol. The number of nitrogens with zero attached hydrogens (tertiary/aromatic N) is 2. The van der Waals surface area contributed by atoms with Crippen LogP contribution in [0.1, 0.15) is 33.6 Å². The summed E-state index contributed by atoms with van der Waals surface area (Å²) in [5.41, 5.74) is 2.72. The van der Waals surface area contributed by atoms with Gasteiger partial charge in [-0.3, -0.25) is 9.59 Å². The van der Waals surface area contributed by atoms with Crippen LogP contribution in [0.3, 0.4) is 0 Å². The molecule has 5 rings (SSSR count). The molecule has 0 saturated carbocycles. The Morgan fingerprint density at radius 1 is 1.10 bits per heavy atom. The van der Waals surface area contributed by atoms with E-state index in [0.29, 0.717) is 35.7 Å². The summed E-state index contributed by atoms with van der Waals surface area (Å²) in [6.07, 6.45) is 3.06. The molecule has 0 unspecified atom stereocenters. The smallest absolute Gasteiger partial charge is 0.254 e. The van der Waals surface area contributed by atoms with Gasteiger partial charge in [0.05, 0.1) is 17.3 Å². The van der Waals surface area contributed by atoms with Crippen LogP contribution in [0.5, 0.6) is 0 Å². The number of hydrogen-bond donors (Lipinski definition) is 1. The first-order valence-corrected chi connectivity index (χ1v) is 11.2. The van der Waals surface area contributed by atoms with Gasteiger partial charge < -0.3 is 14.6 Å². The molecule has 0 spiro atoms. The van der Waals surface area contributed by atoms with Crippen LogP contribution in [-0.2, 0) is 0 Å².